The molecule has 1 aliphatic carbocycles. The van der Waals surface area contributed by atoms with Gasteiger partial charge < -0.3 is 25.2 Å². The fourth-order valence-electron chi connectivity index (χ4n) is 3.92. The largest absolute Gasteiger partial charge is 0.491 e. The number of aryl methyl sites for hydroxylation is 1. The number of fused-ring (bicyclic) bond motifs is 1. The minimum Gasteiger partial charge on any atom is -0.491 e. The number of amides is 2. The van der Waals surface area contributed by atoms with E-state index < -0.39 is 5.91 Å². The van der Waals surface area contributed by atoms with Gasteiger partial charge in [0.2, 0.25) is 5.91 Å². The molecule has 1 aromatic carbocycles. The average molecular weight is 513 g/mol. The normalized spacial score (nSPS) is 15.3. The van der Waals surface area contributed by atoms with Crippen LogP contribution in [0, 0.1) is 12.8 Å². The van der Waals surface area contributed by atoms with Crippen molar-refractivity contribution in [3.63, 3.8) is 0 Å². The molecule has 2 heterocycles. The van der Waals surface area contributed by atoms with E-state index in [0.717, 1.165) is 23.5 Å². The van der Waals surface area contributed by atoms with Gasteiger partial charge in [0.1, 0.15) is 11.6 Å². The van der Waals surface area contributed by atoms with Gasteiger partial charge in [0.15, 0.2) is 5.82 Å². The smallest absolute Gasteiger partial charge is 0.264 e. The molecule has 0 spiro atoms. The molecule has 202 valence electrons. The van der Waals surface area contributed by atoms with Gasteiger partial charge in [0.05, 0.1) is 24.4 Å². The maximum atomic E-state index is 11.8. The van der Waals surface area contributed by atoms with Crippen molar-refractivity contribution in [2.45, 2.75) is 65.7 Å². The highest BCUT2D eigenvalue weighted by atomic mass is 16.5. The van der Waals surface area contributed by atoms with Gasteiger partial charge in [0, 0.05) is 26.1 Å². The summed E-state index contributed by atoms with van der Waals surface area (Å²) in [5.41, 5.74) is 6.79. The molecule has 0 radical (unpaired) electrons. The highest BCUT2D eigenvalue weighted by Crippen LogP contribution is 2.34. The Bertz CT molecular complexity index is 1090. The predicted molar refractivity (Wildman–Crippen MR) is 145 cm³/mol. The minimum absolute atomic E-state index is 0.0256. The summed E-state index contributed by atoms with van der Waals surface area (Å²) in [5, 5.41) is 6.63. The number of benzene rings is 1. The maximum Gasteiger partial charge on any atom is 0.264 e. The number of nitrogens with two attached hydrogens (primary N) is 1. The Morgan fingerprint density at radius 3 is 2.54 bits per heavy atom. The highest BCUT2D eigenvalue weighted by Gasteiger charge is 2.21. The Hall–Kier alpha value is -3.69. The lowest BCUT2D eigenvalue weighted by molar-refractivity contribution is -0.118. The number of hydrogen-bond donors (Lipinski definition) is 2. The molecule has 10 heteroatoms. The third kappa shape index (κ3) is 9.04. The van der Waals surface area contributed by atoms with Crippen LogP contribution < -0.4 is 20.7 Å². The molecule has 2 aromatic rings. The Balaban J connectivity index is 0.000000242. The summed E-state index contributed by atoms with van der Waals surface area (Å²) in [6, 6.07) is 5.49. The predicted octanol–water partition coefficient (Wildman–Crippen LogP) is 4.39. The number of hydrogen-bond acceptors (Lipinski definition) is 7. The van der Waals surface area contributed by atoms with Crippen molar-refractivity contribution in [1.82, 2.24) is 15.5 Å². The van der Waals surface area contributed by atoms with E-state index in [2.05, 4.69) is 40.9 Å². The van der Waals surface area contributed by atoms with Gasteiger partial charge in [0.25, 0.3) is 11.8 Å². The van der Waals surface area contributed by atoms with Gasteiger partial charge in [-0.3, -0.25) is 14.6 Å². The number of aliphatic imine (C=N–C) groups is 1. The molecular formula is C27H40N6O4. The lowest BCUT2D eigenvalue weighted by Crippen LogP contribution is -2.31. The maximum absolute atomic E-state index is 11.8. The van der Waals surface area contributed by atoms with Crippen molar-refractivity contribution < 1.29 is 18.8 Å². The van der Waals surface area contributed by atoms with E-state index in [1.165, 1.54) is 32.1 Å². The first-order valence-corrected chi connectivity index (χ1v) is 12.8. The monoisotopic (exact) mass is 512 g/mol. The van der Waals surface area contributed by atoms with Gasteiger partial charge in [-0.2, -0.15) is 4.98 Å². The second-order valence-corrected chi connectivity index (χ2v) is 9.08. The molecule has 0 atom stereocenters. The number of amidine groups is 1. The molecule has 1 aliphatic heterocycles. The SMILES string of the molecule is C=C(NC(CC1CCCC1)=NC)C(N)=O.CCC.Cc1noc(-c2ccc3c(c2)N(C)C(=O)CCO3)n1. The zero-order valence-electron chi connectivity index (χ0n) is 22.7. The molecule has 3 N–H and O–H groups in total. The molecule has 10 nitrogen and oxygen atoms in total. The first kappa shape index (κ1) is 29.5. The molecule has 1 saturated carbocycles. The van der Waals surface area contributed by atoms with Crippen LogP contribution >= 0.6 is 0 Å². The molecule has 37 heavy (non-hydrogen) atoms. The van der Waals surface area contributed by atoms with Crippen molar-refractivity contribution in [2.24, 2.45) is 16.6 Å². The van der Waals surface area contributed by atoms with E-state index in [0.29, 0.717) is 36.4 Å². The summed E-state index contributed by atoms with van der Waals surface area (Å²) in [4.78, 5) is 32.5. The van der Waals surface area contributed by atoms with Crippen LogP contribution in [0.1, 0.15) is 64.6 Å². The highest BCUT2D eigenvalue weighted by molar-refractivity contribution is 5.97. The van der Waals surface area contributed by atoms with Gasteiger partial charge in [-0.1, -0.05) is 57.7 Å². The van der Waals surface area contributed by atoms with E-state index in [1.54, 1.807) is 25.9 Å². The van der Waals surface area contributed by atoms with Gasteiger partial charge in [-0.05, 0) is 31.0 Å². The molecule has 0 unspecified atom stereocenters. The number of nitrogens with zero attached hydrogens (tertiary/aromatic N) is 4. The Labute approximate surface area is 219 Å². The van der Waals surface area contributed by atoms with Crippen molar-refractivity contribution in [3.8, 4) is 17.2 Å². The van der Waals surface area contributed by atoms with Crippen LogP contribution in [0.3, 0.4) is 0 Å². The molecule has 0 saturated heterocycles. The number of nitrogens with one attached hydrogen (secondary N) is 1. The molecule has 0 bridgehead atoms. The molecule has 1 fully saturated rings. The van der Waals surface area contributed by atoms with Crippen LogP contribution in [0.2, 0.25) is 0 Å². The third-order valence-corrected chi connectivity index (χ3v) is 5.86. The topological polar surface area (TPSA) is 136 Å². The summed E-state index contributed by atoms with van der Waals surface area (Å²) in [6.07, 6.45) is 7.63. The Kier molecular flexibility index (Phi) is 11.8. The van der Waals surface area contributed by atoms with E-state index >= 15 is 0 Å². The zero-order valence-corrected chi connectivity index (χ0v) is 22.7. The second-order valence-electron chi connectivity index (χ2n) is 9.08. The van der Waals surface area contributed by atoms with Crippen LogP contribution in [0.15, 0.2) is 40.0 Å². The van der Waals surface area contributed by atoms with Gasteiger partial charge >= 0.3 is 0 Å². The zero-order chi connectivity index (χ0) is 27.4. The quantitative estimate of drug-likeness (QED) is 0.344. The van der Waals surface area contributed by atoms with E-state index in [9.17, 15) is 9.59 Å². The summed E-state index contributed by atoms with van der Waals surface area (Å²) >= 11 is 0. The van der Waals surface area contributed by atoms with Crippen LogP contribution in [0.4, 0.5) is 5.69 Å². The Morgan fingerprint density at radius 2 is 1.97 bits per heavy atom. The van der Waals surface area contributed by atoms with Crippen LogP contribution in [-0.2, 0) is 9.59 Å². The summed E-state index contributed by atoms with van der Waals surface area (Å²) in [7, 11) is 3.45. The number of aromatic nitrogens is 2. The number of ether oxygens (including phenoxy) is 1. The van der Waals surface area contributed by atoms with Crippen molar-refractivity contribution in [3.05, 3.63) is 36.3 Å². The van der Waals surface area contributed by atoms with E-state index in [-0.39, 0.29) is 11.6 Å². The first-order valence-electron chi connectivity index (χ1n) is 12.8. The van der Waals surface area contributed by atoms with E-state index in [1.807, 2.05) is 18.2 Å². The standard InChI is InChI=1S/C13H13N3O3.C11H19N3O.C3H8/c1-8-14-13(19-15-8)9-3-4-11-10(7-9)16(2)12(17)5-6-18-11;1-8(11(12)15)14-10(13-2)7-9-5-3-4-6-9;1-3-2/h3-4,7H,5-6H2,1-2H3;9H,1,3-7H2,2H3,(H2,12,15)(H,13,14);3H2,1-2H3. The fourth-order valence-corrected chi connectivity index (χ4v) is 3.92. The summed E-state index contributed by atoms with van der Waals surface area (Å²) in [6.45, 7) is 9.96. The van der Waals surface area contributed by atoms with Crippen LogP contribution in [-0.4, -0.2) is 48.5 Å². The average Bonchev–Trinajstić information content (AvgIpc) is 3.53. The molecule has 1 aromatic heterocycles. The first-order chi connectivity index (χ1) is 17.7. The Morgan fingerprint density at radius 1 is 1.30 bits per heavy atom. The molecular weight excluding hydrogens is 472 g/mol. The molecule has 4 rings (SSSR count). The van der Waals surface area contributed by atoms with Gasteiger partial charge in [-0.15, -0.1) is 0 Å². The number of anilines is 1. The number of carbonyl (C=O) groups excluding carboxylic acids is 2. The summed E-state index contributed by atoms with van der Waals surface area (Å²) in [5.74, 6) is 2.70. The van der Waals surface area contributed by atoms with E-state index in [4.69, 9.17) is 15.0 Å². The van der Waals surface area contributed by atoms with Crippen molar-refractivity contribution in [1.29, 1.82) is 0 Å². The minimum atomic E-state index is -0.525. The number of carbonyl (C=O) groups is 2. The summed E-state index contributed by atoms with van der Waals surface area (Å²) < 4.78 is 10.7. The van der Waals surface area contributed by atoms with Crippen molar-refractivity contribution >= 4 is 23.3 Å². The van der Waals surface area contributed by atoms with Gasteiger partial charge in [-0.25, -0.2) is 0 Å². The van der Waals surface area contributed by atoms with Crippen LogP contribution in [0.25, 0.3) is 11.5 Å². The number of rotatable bonds is 5. The second kappa shape index (κ2) is 14.8. The lowest BCUT2D eigenvalue weighted by Gasteiger charge is -2.16. The third-order valence-electron chi connectivity index (χ3n) is 5.86. The van der Waals surface area contributed by atoms with Crippen LogP contribution in [0.5, 0.6) is 5.75 Å². The van der Waals surface area contributed by atoms with Crippen molar-refractivity contribution in [2.75, 3.05) is 25.6 Å². The number of primary amides is 1. The lowest BCUT2D eigenvalue weighted by atomic mass is 10.0. The molecule has 2 aliphatic rings. The fraction of sp³-hybridized carbons (Fsp3) is 0.519. The molecule has 2 amide bonds.